The lowest BCUT2D eigenvalue weighted by atomic mass is 10.2. The van der Waals surface area contributed by atoms with Gasteiger partial charge in [0.1, 0.15) is 0 Å². The zero-order valence-electron chi connectivity index (χ0n) is 7.92. The first-order valence-corrected chi connectivity index (χ1v) is 5.74. The topological polar surface area (TPSA) is 3.24 Å². The van der Waals surface area contributed by atoms with Crippen LogP contribution in [0, 0.1) is 0 Å². The van der Waals surface area contributed by atoms with Gasteiger partial charge in [0.05, 0.1) is 0 Å². The van der Waals surface area contributed by atoms with Crippen molar-refractivity contribution in [1.82, 2.24) is 0 Å². The number of hydrogen-bond donors (Lipinski definition) is 0. The van der Waals surface area contributed by atoms with Crippen LogP contribution in [0.5, 0.6) is 0 Å². The van der Waals surface area contributed by atoms with Gasteiger partial charge in [-0.15, -0.1) is 0 Å². The fraction of sp³-hybridized carbons (Fsp3) is 0.400. The summed E-state index contributed by atoms with van der Waals surface area (Å²) in [6.07, 6.45) is -4.28. The third kappa shape index (κ3) is 2.22. The van der Waals surface area contributed by atoms with Gasteiger partial charge in [0.2, 0.25) is 0 Å². The van der Waals surface area contributed by atoms with E-state index in [0.717, 1.165) is 5.56 Å². The lowest BCUT2D eigenvalue weighted by molar-refractivity contribution is -0.128. The number of thioether (sulfide) groups is 1. The minimum Gasteiger partial charge on any atom is -0.283 e. The van der Waals surface area contributed by atoms with Gasteiger partial charge in [-0.1, -0.05) is 18.2 Å². The number of rotatable bonds is 0. The maximum absolute atomic E-state index is 12.7. The third-order valence-corrected chi connectivity index (χ3v) is 3.29. The summed E-state index contributed by atoms with van der Waals surface area (Å²) in [5.41, 5.74) is 1.06. The molecule has 1 aliphatic rings. The molecule has 0 saturated carbocycles. The predicted molar refractivity (Wildman–Crippen MR) is 56.0 cm³/mol. The number of benzene rings is 1. The molecule has 0 unspecified atom stereocenters. The molecule has 0 saturated heterocycles. The molecule has 0 aliphatic carbocycles. The van der Waals surface area contributed by atoms with Gasteiger partial charge < -0.3 is 0 Å². The fourth-order valence-electron chi connectivity index (χ4n) is 1.62. The third-order valence-electron chi connectivity index (χ3n) is 2.31. The van der Waals surface area contributed by atoms with Crippen LogP contribution in [0.2, 0.25) is 0 Å². The summed E-state index contributed by atoms with van der Waals surface area (Å²) in [4.78, 5) is 0.530. The van der Waals surface area contributed by atoms with Crippen LogP contribution in [0.3, 0.4) is 0 Å². The Morgan fingerprint density at radius 3 is 2.67 bits per heavy atom. The van der Waals surface area contributed by atoms with E-state index < -0.39 is 6.30 Å². The number of halogens is 3. The smallest absolute Gasteiger partial charge is 0.283 e. The van der Waals surface area contributed by atoms with Gasteiger partial charge in [0, 0.05) is 23.7 Å². The summed E-state index contributed by atoms with van der Waals surface area (Å²) in [5.74, 6) is 1.16. The van der Waals surface area contributed by atoms with E-state index in [1.807, 2.05) is 0 Å². The molecule has 0 atom stereocenters. The summed E-state index contributed by atoms with van der Waals surface area (Å²) >= 11 is 1.54. The van der Waals surface area contributed by atoms with Crippen molar-refractivity contribution in [1.29, 1.82) is 0 Å². The van der Waals surface area contributed by atoms with Crippen molar-refractivity contribution in [3.05, 3.63) is 29.8 Å². The monoisotopic (exact) mass is 233 g/mol. The number of fused-ring (bicyclic) bond motifs is 1. The van der Waals surface area contributed by atoms with Gasteiger partial charge in [-0.3, -0.25) is 4.90 Å². The summed E-state index contributed by atoms with van der Waals surface area (Å²) in [6, 6.07) is 6.72. The van der Waals surface area contributed by atoms with Gasteiger partial charge in [0.15, 0.2) is 0 Å². The molecule has 0 spiro atoms. The molecule has 5 heteroatoms. The quantitative estimate of drug-likeness (QED) is 0.633. The van der Waals surface area contributed by atoms with Gasteiger partial charge in [0.25, 0.3) is 0 Å². The van der Waals surface area contributed by atoms with E-state index in [9.17, 15) is 13.2 Å². The minimum absolute atomic E-state index is 0.0329. The normalized spacial score (nSPS) is 17.1. The molecule has 82 valence electrons. The molecule has 1 heterocycles. The van der Waals surface area contributed by atoms with E-state index in [-0.39, 0.29) is 6.54 Å². The van der Waals surface area contributed by atoms with E-state index in [2.05, 4.69) is 0 Å². The average Bonchev–Trinajstić information content (AvgIpc) is 2.38. The average molecular weight is 233 g/mol. The summed E-state index contributed by atoms with van der Waals surface area (Å²) in [5, 5.41) is 0. The molecule has 15 heavy (non-hydrogen) atoms. The highest BCUT2D eigenvalue weighted by atomic mass is 32.2. The molecule has 1 aliphatic heterocycles. The van der Waals surface area contributed by atoms with Crippen molar-refractivity contribution in [2.75, 3.05) is 17.2 Å². The molecule has 0 fully saturated rings. The molecule has 0 radical (unpaired) electrons. The summed E-state index contributed by atoms with van der Waals surface area (Å²) in [6.45, 7) is 0.0329. The second-order valence-corrected chi connectivity index (χ2v) is 4.41. The Morgan fingerprint density at radius 1 is 1.20 bits per heavy atom. The number of anilines is 1. The molecule has 0 N–H and O–H groups in total. The number of para-hydroxylation sites is 1. The zero-order valence-corrected chi connectivity index (χ0v) is 8.74. The molecule has 1 aromatic carbocycles. The van der Waals surface area contributed by atoms with Gasteiger partial charge in [-0.05, 0) is 11.6 Å². The van der Waals surface area contributed by atoms with Gasteiger partial charge in [-0.25, -0.2) is 0 Å². The van der Waals surface area contributed by atoms with Gasteiger partial charge >= 0.3 is 6.30 Å². The van der Waals surface area contributed by atoms with E-state index in [0.29, 0.717) is 22.1 Å². The SMILES string of the molecule is FC(F)(F)N1CCSCc2ccccc21. The minimum atomic E-state index is -4.28. The number of hydrogen-bond acceptors (Lipinski definition) is 2. The Labute approximate surface area is 90.3 Å². The molecular weight excluding hydrogens is 223 g/mol. The Kier molecular flexibility index (Phi) is 2.82. The number of nitrogens with zero attached hydrogens (tertiary/aromatic N) is 1. The first-order valence-electron chi connectivity index (χ1n) is 4.59. The van der Waals surface area contributed by atoms with Crippen LogP contribution >= 0.6 is 11.8 Å². The Balaban J connectivity index is 2.41. The van der Waals surface area contributed by atoms with Crippen molar-refractivity contribution in [2.45, 2.75) is 12.1 Å². The standard InChI is InChI=1S/C10H10F3NS/c11-10(12,13)14-5-6-15-7-8-3-1-2-4-9(8)14/h1-4H,5-7H2. The zero-order chi connectivity index (χ0) is 10.9. The Bertz CT molecular complexity index is 351. The molecule has 1 nitrogen and oxygen atoms in total. The molecule has 0 bridgehead atoms. The van der Waals surface area contributed by atoms with Gasteiger partial charge in [-0.2, -0.15) is 24.9 Å². The van der Waals surface area contributed by atoms with Crippen LogP contribution in [0.1, 0.15) is 5.56 Å². The van der Waals surface area contributed by atoms with Crippen LogP contribution in [0.25, 0.3) is 0 Å². The van der Waals surface area contributed by atoms with E-state index in [1.165, 1.54) is 17.8 Å². The molecular formula is C10H10F3NS. The summed E-state index contributed by atoms with van der Waals surface area (Å²) < 4.78 is 38.2. The van der Waals surface area contributed by atoms with Crippen LogP contribution in [-0.4, -0.2) is 18.6 Å². The summed E-state index contributed by atoms with van der Waals surface area (Å²) in [7, 11) is 0. The first-order chi connectivity index (χ1) is 7.09. The van der Waals surface area contributed by atoms with Crippen molar-refractivity contribution >= 4 is 17.4 Å². The van der Waals surface area contributed by atoms with Crippen molar-refractivity contribution in [3.8, 4) is 0 Å². The van der Waals surface area contributed by atoms with Crippen LogP contribution in [0.15, 0.2) is 24.3 Å². The number of alkyl halides is 3. The van der Waals surface area contributed by atoms with E-state index in [1.54, 1.807) is 18.2 Å². The second-order valence-electron chi connectivity index (χ2n) is 3.30. The fourth-order valence-corrected chi connectivity index (χ4v) is 2.54. The molecule has 0 aromatic heterocycles. The maximum atomic E-state index is 12.7. The van der Waals surface area contributed by atoms with Crippen LogP contribution in [-0.2, 0) is 5.75 Å². The van der Waals surface area contributed by atoms with Crippen LogP contribution in [0.4, 0.5) is 18.9 Å². The lowest BCUT2D eigenvalue weighted by Crippen LogP contribution is -2.39. The molecule has 2 rings (SSSR count). The highest BCUT2D eigenvalue weighted by Gasteiger charge is 2.38. The Morgan fingerprint density at radius 2 is 1.93 bits per heavy atom. The molecule has 1 aromatic rings. The molecule has 0 amide bonds. The van der Waals surface area contributed by atoms with Crippen molar-refractivity contribution in [3.63, 3.8) is 0 Å². The van der Waals surface area contributed by atoms with E-state index >= 15 is 0 Å². The lowest BCUT2D eigenvalue weighted by Gasteiger charge is -2.26. The van der Waals surface area contributed by atoms with Crippen molar-refractivity contribution in [2.24, 2.45) is 0 Å². The highest BCUT2D eigenvalue weighted by Crippen LogP contribution is 2.35. The Hall–Kier alpha value is -0.840. The van der Waals surface area contributed by atoms with E-state index in [4.69, 9.17) is 0 Å². The first kappa shape index (κ1) is 10.7. The maximum Gasteiger partial charge on any atom is 0.484 e. The highest BCUT2D eigenvalue weighted by molar-refractivity contribution is 7.98. The second kappa shape index (κ2) is 3.96. The largest absolute Gasteiger partial charge is 0.484 e. The van der Waals surface area contributed by atoms with Crippen LogP contribution < -0.4 is 4.90 Å². The van der Waals surface area contributed by atoms with Crippen molar-refractivity contribution < 1.29 is 13.2 Å². The predicted octanol–water partition coefficient (Wildman–Crippen LogP) is 3.26.